The highest BCUT2D eigenvalue weighted by Gasteiger charge is 2.51. The van der Waals surface area contributed by atoms with E-state index in [0.717, 1.165) is 13.8 Å². The summed E-state index contributed by atoms with van der Waals surface area (Å²) in [5.41, 5.74) is 0.974. The van der Waals surface area contributed by atoms with Crippen LogP contribution < -0.4 is 15.0 Å². The molecule has 0 spiro atoms. The number of esters is 3. The Morgan fingerprint density at radius 1 is 0.830 bits per heavy atom. The topological polar surface area (TPSA) is 190 Å². The summed E-state index contributed by atoms with van der Waals surface area (Å²) >= 11 is 0. The largest absolute Gasteiger partial charge is 0.463 e. The standard InChI is InChI=1S/C31H30N6O10/c1-17(38)33-30-34-27-24(28(35-30)47-31(42)37(21-11-7-5-8-12-21)22-13-9-6-10-14-22)32-16-36(27)29-26(45-20(4)41)25(44-19(3)40)23(46-29)15-43-18(2)39/h5-14,16,23,25-26,29H,15H2,1-4H3,(H,33,34,35,38)/t23-,25-,26+,29+/m1/s1. The predicted molar refractivity (Wildman–Crippen MR) is 162 cm³/mol. The fourth-order valence-electron chi connectivity index (χ4n) is 4.92. The molecule has 2 amide bonds. The van der Waals surface area contributed by atoms with E-state index in [1.807, 2.05) is 0 Å². The first-order valence-corrected chi connectivity index (χ1v) is 14.3. The number of carbonyl (C=O) groups is 5. The third-order valence-electron chi connectivity index (χ3n) is 6.69. The Morgan fingerprint density at radius 3 is 1.98 bits per heavy atom. The normalized spacial score (nSPS) is 18.6. The van der Waals surface area contributed by atoms with E-state index < -0.39 is 54.4 Å². The van der Waals surface area contributed by atoms with Crippen LogP contribution in [0.1, 0.15) is 33.9 Å². The molecule has 3 heterocycles. The van der Waals surface area contributed by atoms with E-state index in [0.29, 0.717) is 11.4 Å². The molecule has 4 aromatic rings. The van der Waals surface area contributed by atoms with Gasteiger partial charge >= 0.3 is 24.0 Å². The summed E-state index contributed by atoms with van der Waals surface area (Å²) < 4.78 is 29.3. The molecule has 4 atom stereocenters. The summed E-state index contributed by atoms with van der Waals surface area (Å²) in [5, 5.41) is 2.47. The monoisotopic (exact) mass is 646 g/mol. The summed E-state index contributed by atoms with van der Waals surface area (Å²) in [6, 6.07) is 17.5. The van der Waals surface area contributed by atoms with Crippen molar-refractivity contribution >= 4 is 58.4 Å². The van der Waals surface area contributed by atoms with Crippen LogP contribution in [-0.2, 0) is 38.1 Å². The van der Waals surface area contributed by atoms with Crippen molar-refractivity contribution in [3.63, 3.8) is 0 Å². The average Bonchev–Trinajstić information content (AvgIpc) is 3.57. The minimum absolute atomic E-state index is 0.00520. The van der Waals surface area contributed by atoms with Crippen LogP contribution in [0.15, 0.2) is 67.0 Å². The highest BCUT2D eigenvalue weighted by molar-refractivity contribution is 5.98. The van der Waals surface area contributed by atoms with Gasteiger partial charge in [0.15, 0.2) is 29.6 Å². The van der Waals surface area contributed by atoms with Crippen molar-refractivity contribution < 1.29 is 47.7 Å². The Balaban J connectivity index is 1.58. The van der Waals surface area contributed by atoms with Crippen molar-refractivity contribution in [3.05, 3.63) is 67.0 Å². The molecule has 2 aromatic heterocycles. The van der Waals surface area contributed by atoms with Crippen molar-refractivity contribution in [1.82, 2.24) is 19.5 Å². The second kappa shape index (κ2) is 14.0. The van der Waals surface area contributed by atoms with E-state index in [4.69, 9.17) is 23.7 Å². The Kier molecular flexibility index (Phi) is 9.70. The highest BCUT2D eigenvalue weighted by Crippen LogP contribution is 2.37. The van der Waals surface area contributed by atoms with Crippen LogP contribution in [0.5, 0.6) is 5.88 Å². The molecule has 1 N–H and O–H groups in total. The van der Waals surface area contributed by atoms with Gasteiger partial charge < -0.3 is 23.7 Å². The first-order chi connectivity index (χ1) is 22.5. The van der Waals surface area contributed by atoms with Gasteiger partial charge in [-0.25, -0.2) is 14.7 Å². The predicted octanol–water partition coefficient (Wildman–Crippen LogP) is 3.45. The number of rotatable bonds is 9. The molecule has 244 valence electrons. The summed E-state index contributed by atoms with van der Waals surface area (Å²) in [4.78, 5) is 75.9. The van der Waals surface area contributed by atoms with E-state index in [1.54, 1.807) is 60.7 Å². The zero-order chi connectivity index (χ0) is 33.7. The fraction of sp³-hybridized carbons (Fsp3) is 0.290. The first-order valence-electron chi connectivity index (χ1n) is 14.3. The molecular formula is C31H30N6O10. The van der Waals surface area contributed by atoms with E-state index >= 15 is 0 Å². The van der Waals surface area contributed by atoms with Crippen LogP contribution in [0.3, 0.4) is 0 Å². The third-order valence-corrected chi connectivity index (χ3v) is 6.69. The molecule has 16 nitrogen and oxygen atoms in total. The van der Waals surface area contributed by atoms with Crippen molar-refractivity contribution in [2.45, 2.75) is 52.2 Å². The molecule has 0 unspecified atom stereocenters. The van der Waals surface area contributed by atoms with Crippen LogP contribution >= 0.6 is 0 Å². The van der Waals surface area contributed by atoms with Crippen LogP contribution in [0, 0.1) is 0 Å². The van der Waals surface area contributed by atoms with Crippen molar-refractivity contribution in [2.75, 3.05) is 16.8 Å². The molecule has 47 heavy (non-hydrogen) atoms. The molecule has 0 bridgehead atoms. The minimum atomic E-state index is -1.26. The molecule has 0 aliphatic carbocycles. The number of aromatic nitrogens is 4. The lowest BCUT2D eigenvalue weighted by molar-refractivity contribution is -0.166. The van der Waals surface area contributed by atoms with Crippen molar-refractivity contribution in [3.8, 4) is 5.88 Å². The van der Waals surface area contributed by atoms with Gasteiger partial charge in [-0.3, -0.25) is 29.1 Å². The van der Waals surface area contributed by atoms with E-state index in [2.05, 4.69) is 20.3 Å². The van der Waals surface area contributed by atoms with Gasteiger partial charge in [-0.2, -0.15) is 9.97 Å². The van der Waals surface area contributed by atoms with Gasteiger partial charge in [0.2, 0.25) is 11.9 Å². The molecule has 1 saturated heterocycles. The molecule has 0 saturated carbocycles. The lowest BCUT2D eigenvalue weighted by Crippen LogP contribution is -2.40. The first kappa shape index (κ1) is 32.5. The van der Waals surface area contributed by atoms with Crippen LogP contribution in [0.25, 0.3) is 11.2 Å². The number of hydrogen-bond donors (Lipinski definition) is 1. The van der Waals surface area contributed by atoms with E-state index in [9.17, 15) is 24.0 Å². The second-order valence-electron chi connectivity index (χ2n) is 10.2. The molecule has 1 aliphatic rings. The molecule has 1 fully saturated rings. The number of fused-ring (bicyclic) bond motifs is 1. The number of amides is 2. The summed E-state index contributed by atoms with van der Waals surface area (Å²) in [6.45, 7) is 4.42. The lowest BCUT2D eigenvalue weighted by atomic mass is 10.1. The van der Waals surface area contributed by atoms with Gasteiger partial charge in [-0.05, 0) is 24.3 Å². The average molecular weight is 647 g/mol. The Labute approximate surface area is 267 Å². The number of hydrogen-bond acceptors (Lipinski definition) is 13. The van der Waals surface area contributed by atoms with Crippen LogP contribution in [0.4, 0.5) is 22.1 Å². The molecular weight excluding hydrogens is 616 g/mol. The number of nitrogens with zero attached hydrogens (tertiary/aromatic N) is 5. The van der Waals surface area contributed by atoms with Gasteiger partial charge in [-0.1, -0.05) is 36.4 Å². The fourth-order valence-corrected chi connectivity index (χ4v) is 4.92. The van der Waals surface area contributed by atoms with Crippen LogP contribution in [-0.4, -0.2) is 74.3 Å². The van der Waals surface area contributed by atoms with E-state index in [1.165, 1.54) is 29.6 Å². The maximum atomic E-state index is 13.8. The second-order valence-corrected chi connectivity index (χ2v) is 10.2. The Hall–Kier alpha value is -5.90. The molecule has 5 rings (SSSR count). The van der Waals surface area contributed by atoms with Crippen molar-refractivity contribution in [1.29, 1.82) is 0 Å². The van der Waals surface area contributed by atoms with Gasteiger partial charge in [0, 0.05) is 27.7 Å². The Morgan fingerprint density at radius 2 is 1.43 bits per heavy atom. The van der Waals surface area contributed by atoms with Crippen molar-refractivity contribution in [2.24, 2.45) is 0 Å². The number of ether oxygens (including phenoxy) is 5. The quantitative estimate of drug-likeness (QED) is 0.206. The van der Waals surface area contributed by atoms with Crippen LogP contribution in [0.2, 0.25) is 0 Å². The van der Waals surface area contributed by atoms with Gasteiger partial charge in [0.1, 0.15) is 12.7 Å². The minimum Gasteiger partial charge on any atom is -0.463 e. The maximum Gasteiger partial charge on any atom is 0.425 e. The molecule has 1 aliphatic heterocycles. The number of anilines is 3. The highest BCUT2D eigenvalue weighted by atomic mass is 16.7. The summed E-state index contributed by atoms with van der Waals surface area (Å²) in [5.74, 6) is -3.11. The summed E-state index contributed by atoms with van der Waals surface area (Å²) in [7, 11) is 0. The maximum absolute atomic E-state index is 13.8. The van der Waals surface area contributed by atoms with Gasteiger partial charge in [-0.15, -0.1) is 0 Å². The number of imidazole rings is 1. The van der Waals surface area contributed by atoms with Gasteiger partial charge in [0.25, 0.3) is 5.88 Å². The zero-order valence-electron chi connectivity index (χ0n) is 25.7. The van der Waals surface area contributed by atoms with Gasteiger partial charge in [0.05, 0.1) is 17.7 Å². The number of para-hydroxylation sites is 2. The number of carbonyl (C=O) groups excluding carboxylic acids is 5. The number of benzene rings is 2. The SMILES string of the molecule is CC(=O)Nc1nc(OC(=O)N(c2ccccc2)c2ccccc2)c2ncn([C@H]3O[C@H](COC(C)=O)[C@@H](OC(C)=O)[C@@H]3OC(C)=O)c2n1. The molecule has 2 aromatic carbocycles. The summed E-state index contributed by atoms with van der Waals surface area (Å²) in [6.07, 6.45) is -4.34. The number of nitrogens with one attached hydrogen (secondary N) is 1. The Bertz CT molecular complexity index is 1760. The smallest absolute Gasteiger partial charge is 0.425 e. The third kappa shape index (κ3) is 7.50. The van der Waals surface area contributed by atoms with E-state index in [-0.39, 0.29) is 29.6 Å². The molecule has 16 heteroatoms. The molecule has 0 radical (unpaired) electrons. The lowest BCUT2D eigenvalue weighted by Gasteiger charge is -2.24. The zero-order valence-corrected chi connectivity index (χ0v) is 25.7.